The van der Waals surface area contributed by atoms with Crippen molar-refractivity contribution < 1.29 is 4.79 Å². The molecule has 0 atom stereocenters. The van der Waals surface area contributed by atoms with Gasteiger partial charge in [-0.25, -0.2) is 0 Å². The highest BCUT2D eigenvalue weighted by Gasteiger charge is 2.25. The molecule has 1 amide bonds. The van der Waals surface area contributed by atoms with Crippen molar-refractivity contribution in [3.8, 4) is 12.3 Å². The molecule has 0 saturated heterocycles. The van der Waals surface area contributed by atoms with Crippen LogP contribution < -0.4 is 5.32 Å². The third-order valence-electron chi connectivity index (χ3n) is 1.50. The monoisotopic (exact) mass is 187 g/mol. The van der Waals surface area contributed by atoms with Crippen LogP contribution in [-0.2, 0) is 4.79 Å². The molecule has 0 aromatic carbocycles. The van der Waals surface area contributed by atoms with Gasteiger partial charge in [-0.2, -0.15) is 0 Å². The molecule has 0 aromatic heterocycles. The molecular weight excluding hydrogens is 174 g/mol. The van der Waals surface area contributed by atoms with E-state index in [9.17, 15) is 4.79 Å². The molecule has 68 valence electrons. The molecule has 12 heavy (non-hydrogen) atoms. The van der Waals surface area contributed by atoms with E-state index in [1.54, 1.807) is 13.8 Å². The number of carbonyl (C=O) groups excluding carboxylic acids is 1. The molecule has 0 aliphatic carbocycles. The second-order valence-electron chi connectivity index (χ2n) is 3.23. The summed E-state index contributed by atoms with van der Waals surface area (Å²) in [6.45, 7) is 4.12. The minimum absolute atomic E-state index is 0.0484. The molecule has 0 aromatic rings. The molecule has 0 spiro atoms. The second-order valence-corrected chi connectivity index (χ2v) is 3.49. The van der Waals surface area contributed by atoms with E-state index in [-0.39, 0.29) is 5.91 Å². The summed E-state index contributed by atoms with van der Waals surface area (Å²) >= 11 is 5.60. The predicted molar refractivity (Wildman–Crippen MR) is 51.0 cm³/mol. The van der Waals surface area contributed by atoms with Crippen LogP contribution in [0.2, 0.25) is 0 Å². The second kappa shape index (κ2) is 5.05. The lowest BCUT2D eigenvalue weighted by Gasteiger charge is -2.19. The fraction of sp³-hybridized carbons (Fsp3) is 0.667. The zero-order valence-corrected chi connectivity index (χ0v) is 8.24. The lowest BCUT2D eigenvalue weighted by atomic mass is 9.95. The van der Waals surface area contributed by atoms with Gasteiger partial charge in [-0.15, -0.1) is 23.9 Å². The normalized spacial score (nSPS) is 10.5. The van der Waals surface area contributed by atoms with E-state index in [4.69, 9.17) is 18.0 Å². The molecule has 0 rings (SSSR count). The number of alkyl halides is 1. The van der Waals surface area contributed by atoms with Crippen molar-refractivity contribution in [2.45, 2.75) is 20.3 Å². The molecule has 0 bridgehead atoms. The van der Waals surface area contributed by atoms with E-state index in [0.29, 0.717) is 18.8 Å². The number of hydrogen-bond acceptors (Lipinski definition) is 1. The molecule has 0 saturated carbocycles. The quantitative estimate of drug-likeness (QED) is 0.402. The first-order valence-corrected chi connectivity index (χ1v) is 4.36. The average Bonchev–Trinajstić information content (AvgIpc) is 2.05. The number of nitrogens with one attached hydrogen (secondary N) is 1. The summed E-state index contributed by atoms with van der Waals surface area (Å²) in [4.78, 5) is 11.3. The van der Waals surface area contributed by atoms with Gasteiger partial charge in [-0.3, -0.25) is 4.79 Å². The molecule has 0 fully saturated rings. The Bertz CT molecular complexity index is 193. The molecular formula is C9H14ClNO. The van der Waals surface area contributed by atoms with Gasteiger partial charge in [0.25, 0.3) is 0 Å². The van der Waals surface area contributed by atoms with E-state index >= 15 is 0 Å². The Hall–Kier alpha value is -0.680. The zero-order chi connectivity index (χ0) is 9.61. The maximum absolute atomic E-state index is 11.3. The topological polar surface area (TPSA) is 29.1 Å². The first kappa shape index (κ1) is 11.3. The van der Waals surface area contributed by atoms with Crippen molar-refractivity contribution in [1.82, 2.24) is 5.32 Å². The number of terminal acetylenes is 1. The Labute approximate surface area is 78.7 Å². The van der Waals surface area contributed by atoms with Crippen LogP contribution in [0, 0.1) is 17.8 Å². The molecule has 2 nitrogen and oxygen atoms in total. The van der Waals surface area contributed by atoms with Gasteiger partial charge in [-0.1, -0.05) is 0 Å². The first-order valence-electron chi connectivity index (χ1n) is 3.82. The summed E-state index contributed by atoms with van der Waals surface area (Å²) in [7, 11) is 0. The van der Waals surface area contributed by atoms with Gasteiger partial charge in [0, 0.05) is 18.8 Å². The largest absolute Gasteiger partial charge is 0.355 e. The van der Waals surface area contributed by atoms with Crippen LogP contribution in [0.1, 0.15) is 20.3 Å². The van der Waals surface area contributed by atoms with Crippen molar-refractivity contribution in [2.75, 3.05) is 12.4 Å². The van der Waals surface area contributed by atoms with Crippen LogP contribution >= 0.6 is 11.6 Å². The summed E-state index contributed by atoms with van der Waals surface area (Å²) in [5.41, 5.74) is -0.504. The van der Waals surface area contributed by atoms with Gasteiger partial charge in [-0.05, 0) is 13.8 Å². The SMILES string of the molecule is C#CCCNC(=O)C(C)(C)CCl. The maximum Gasteiger partial charge on any atom is 0.226 e. The Balaban J connectivity index is 3.81. The molecule has 0 heterocycles. The summed E-state index contributed by atoms with van der Waals surface area (Å²) < 4.78 is 0. The van der Waals surface area contributed by atoms with Gasteiger partial charge in [0.15, 0.2) is 0 Å². The van der Waals surface area contributed by atoms with Crippen molar-refractivity contribution in [3.05, 3.63) is 0 Å². The van der Waals surface area contributed by atoms with E-state index < -0.39 is 5.41 Å². The van der Waals surface area contributed by atoms with E-state index in [1.807, 2.05) is 0 Å². The number of carbonyl (C=O) groups is 1. The minimum atomic E-state index is -0.504. The number of halogens is 1. The Morgan fingerprint density at radius 2 is 2.25 bits per heavy atom. The molecule has 1 N–H and O–H groups in total. The van der Waals surface area contributed by atoms with Gasteiger partial charge >= 0.3 is 0 Å². The highest BCUT2D eigenvalue weighted by atomic mass is 35.5. The third-order valence-corrected chi connectivity index (χ3v) is 2.17. The van der Waals surface area contributed by atoms with Gasteiger partial charge < -0.3 is 5.32 Å². The number of amides is 1. The molecule has 0 aliphatic heterocycles. The number of rotatable bonds is 4. The third kappa shape index (κ3) is 3.64. The summed E-state index contributed by atoms with van der Waals surface area (Å²) in [6, 6.07) is 0. The summed E-state index contributed by atoms with van der Waals surface area (Å²) in [6.07, 6.45) is 5.59. The Kier molecular flexibility index (Phi) is 4.77. The highest BCUT2D eigenvalue weighted by molar-refractivity contribution is 6.19. The fourth-order valence-electron chi connectivity index (χ4n) is 0.548. The molecule has 3 heteroatoms. The Morgan fingerprint density at radius 1 is 1.67 bits per heavy atom. The van der Waals surface area contributed by atoms with Crippen molar-refractivity contribution in [2.24, 2.45) is 5.41 Å². The average molecular weight is 188 g/mol. The lowest BCUT2D eigenvalue weighted by Crippen LogP contribution is -2.38. The summed E-state index contributed by atoms with van der Waals surface area (Å²) in [5.74, 6) is 2.71. The smallest absolute Gasteiger partial charge is 0.226 e. The van der Waals surface area contributed by atoms with Crippen LogP contribution in [0.15, 0.2) is 0 Å². The standard InChI is InChI=1S/C9H14ClNO/c1-4-5-6-11-8(12)9(2,3)7-10/h1H,5-7H2,2-3H3,(H,11,12). The zero-order valence-electron chi connectivity index (χ0n) is 7.48. The van der Waals surface area contributed by atoms with Crippen LogP contribution in [0.4, 0.5) is 0 Å². The maximum atomic E-state index is 11.3. The van der Waals surface area contributed by atoms with Crippen LogP contribution in [-0.4, -0.2) is 18.3 Å². The van der Waals surface area contributed by atoms with Gasteiger partial charge in [0.2, 0.25) is 5.91 Å². The lowest BCUT2D eigenvalue weighted by molar-refractivity contribution is -0.128. The van der Waals surface area contributed by atoms with E-state index in [2.05, 4.69) is 11.2 Å². The van der Waals surface area contributed by atoms with Crippen LogP contribution in [0.5, 0.6) is 0 Å². The Morgan fingerprint density at radius 3 is 2.67 bits per heavy atom. The van der Waals surface area contributed by atoms with Crippen LogP contribution in [0.3, 0.4) is 0 Å². The minimum Gasteiger partial charge on any atom is -0.355 e. The van der Waals surface area contributed by atoms with E-state index in [0.717, 1.165) is 0 Å². The predicted octanol–water partition coefficient (Wildman–Crippen LogP) is 1.39. The van der Waals surface area contributed by atoms with Crippen molar-refractivity contribution >= 4 is 17.5 Å². The van der Waals surface area contributed by atoms with Gasteiger partial charge in [0.05, 0.1) is 5.41 Å². The number of hydrogen-bond donors (Lipinski definition) is 1. The fourth-order valence-corrected chi connectivity index (χ4v) is 0.670. The van der Waals surface area contributed by atoms with Crippen LogP contribution in [0.25, 0.3) is 0 Å². The van der Waals surface area contributed by atoms with E-state index in [1.165, 1.54) is 0 Å². The van der Waals surface area contributed by atoms with Gasteiger partial charge in [0.1, 0.15) is 0 Å². The van der Waals surface area contributed by atoms with Crippen molar-refractivity contribution in [1.29, 1.82) is 0 Å². The molecule has 0 aliphatic rings. The molecule has 0 radical (unpaired) electrons. The summed E-state index contributed by atoms with van der Waals surface area (Å²) in [5, 5.41) is 2.71. The van der Waals surface area contributed by atoms with Crippen molar-refractivity contribution in [3.63, 3.8) is 0 Å². The first-order chi connectivity index (χ1) is 5.54. The molecule has 0 unspecified atom stereocenters. The highest BCUT2D eigenvalue weighted by Crippen LogP contribution is 2.16.